The van der Waals surface area contributed by atoms with E-state index >= 15 is 0 Å². The van der Waals surface area contributed by atoms with E-state index in [1.54, 1.807) is 0 Å². The summed E-state index contributed by atoms with van der Waals surface area (Å²) in [5.41, 5.74) is 2.50. The van der Waals surface area contributed by atoms with Crippen molar-refractivity contribution in [3.63, 3.8) is 0 Å². The lowest BCUT2D eigenvalue weighted by Crippen LogP contribution is -1.89. The molecule has 94 valence electrons. The number of rotatable bonds is 3. The van der Waals surface area contributed by atoms with Crippen molar-refractivity contribution in [1.29, 1.82) is 0 Å². The molecule has 2 aromatic carbocycles. The number of hydrogen-bond acceptors (Lipinski definition) is 1. The van der Waals surface area contributed by atoms with Gasteiger partial charge in [0.15, 0.2) is 0 Å². The predicted molar refractivity (Wildman–Crippen MR) is 85.7 cm³/mol. The van der Waals surface area contributed by atoms with Crippen LogP contribution in [-0.2, 0) is 5.33 Å². The lowest BCUT2D eigenvalue weighted by Gasteiger charge is -2.10. The molecule has 18 heavy (non-hydrogen) atoms. The quantitative estimate of drug-likeness (QED) is 0.522. The van der Waals surface area contributed by atoms with Gasteiger partial charge in [0.05, 0.1) is 4.47 Å². The summed E-state index contributed by atoms with van der Waals surface area (Å²) in [5.74, 6) is 1.66. The molecule has 0 spiro atoms. The van der Waals surface area contributed by atoms with E-state index in [-0.39, 0.29) is 0 Å². The maximum absolute atomic E-state index is 5.86. The van der Waals surface area contributed by atoms with Gasteiger partial charge in [-0.15, -0.1) is 0 Å². The molecule has 0 atom stereocenters. The van der Waals surface area contributed by atoms with Crippen molar-refractivity contribution in [2.45, 2.75) is 12.3 Å². The second-order valence-corrected chi connectivity index (χ2v) is 6.23. The zero-order chi connectivity index (χ0) is 13.1. The predicted octanol–water partition coefficient (Wildman–Crippen LogP) is 6.21. The van der Waals surface area contributed by atoms with Gasteiger partial charge in [-0.2, -0.15) is 0 Å². The van der Waals surface area contributed by atoms with Gasteiger partial charge in [-0.25, -0.2) is 0 Å². The Hall–Kier alpha value is -0.320. The molecule has 4 heteroatoms. The maximum Gasteiger partial charge on any atom is 0.141 e. The van der Waals surface area contributed by atoms with Crippen molar-refractivity contribution in [3.05, 3.63) is 56.5 Å². The van der Waals surface area contributed by atoms with Crippen LogP contribution in [0.1, 0.15) is 11.1 Å². The third kappa shape index (κ3) is 3.37. The first-order chi connectivity index (χ1) is 8.60. The first kappa shape index (κ1) is 14.1. The third-order valence-corrected chi connectivity index (χ3v) is 4.30. The molecule has 1 nitrogen and oxygen atoms in total. The molecule has 0 saturated heterocycles. The van der Waals surface area contributed by atoms with Crippen molar-refractivity contribution in [3.8, 4) is 11.5 Å². The number of halogens is 3. The van der Waals surface area contributed by atoms with Crippen LogP contribution in [0.15, 0.2) is 45.3 Å². The van der Waals surface area contributed by atoms with Gasteiger partial charge in [-0.05, 0) is 64.3 Å². The molecule has 0 aromatic heterocycles. The maximum atomic E-state index is 5.86. The van der Waals surface area contributed by atoms with E-state index in [4.69, 9.17) is 4.74 Å². The van der Waals surface area contributed by atoms with Gasteiger partial charge in [0.2, 0.25) is 0 Å². The Bertz CT molecular complexity index is 567. The molecule has 0 unspecified atom stereocenters. The molecule has 0 amide bonds. The minimum Gasteiger partial charge on any atom is -0.456 e. The Morgan fingerprint density at radius 2 is 1.83 bits per heavy atom. The van der Waals surface area contributed by atoms with E-state index in [9.17, 15) is 0 Å². The number of alkyl halides is 1. The van der Waals surface area contributed by atoms with Crippen molar-refractivity contribution in [1.82, 2.24) is 0 Å². The zero-order valence-corrected chi connectivity index (χ0v) is 14.5. The summed E-state index contributed by atoms with van der Waals surface area (Å²) in [6.07, 6.45) is 0. The summed E-state index contributed by atoms with van der Waals surface area (Å²) in [5, 5.41) is 0.862. The van der Waals surface area contributed by atoms with E-state index in [0.29, 0.717) is 0 Å². The van der Waals surface area contributed by atoms with Crippen molar-refractivity contribution in [2.24, 2.45) is 0 Å². The molecule has 0 aliphatic carbocycles. The van der Waals surface area contributed by atoms with Crippen molar-refractivity contribution >= 4 is 47.8 Å². The highest BCUT2D eigenvalue weighted by Crippen LogP contribution is 2.32. The largest absolute Gasteiger partial charge is 0.456 e. The normalized spacial score (nSPS) is 10.4. The van der Waals surface area contributed by atoms with Gasteiger partial charge in [0, 0.05) is 9.80 Å². The molecule has 0 N–H and O–H groups in total. The molecular weight excluding hydrogens is 424 g/mol. The van der Waals surface area contributed by atoms with Crippen LogP contribution in [0.25, 0.3) is 0 Å². The molecule has 2 rings (SSSR count). The van der Waals surface area contributed by atoms with Crippen LogP contribution in [0.5, 0.6) is 11.5 Å². The fourth-order valence-electron chi connectivity index (χ4n) is 1.57. The number of aryl methyl sites for hydroxylation is 1. The number of benzene rings is 2. The highest BCUT2D eigenvalue weighted by molar-refractivity contribution is 9.11. The standard InChI is InChI=1S/C14H11Br3O/c1-9-6-12(4-2-10(9)8-15)18-14-5-3-11(16)7-13(14)17/h2-7H,8H2,1H3. The van der Waals surface area contributed by atoms with Gasteiger partial charge >= 0.3 is 0 Å². The topological polar surface area (TPSA) is 9.23 Å². The summed E-state index contributed by atoms with van der Waals surface area (Å²) < 4.78 is 7.81. The Labute approximate surface area is 132 Å². The molecule has 0 bridgehead atoms. The highest BCUT2D eigenvalue weighted by atomic mass is 79.9. The van der Waals surface area contributed by atoms with E-state index in [0.717, 1.165) is 25.8 Å². The monoisotopic (exact) mass is 432 g/mol. The molecule has 0 fully saturated rings. The van der Waals surface area contributed by atoms with Gasteiger partial charge in [-0.3, -0.25) is 0 Å². The second-order valence-electron chi connectivity index (χ2n) is 3.90. The van der Waals surface area contributed by atoms with E-state index in [1.807, 2.05) is 30.3 Å². The fraction of sp³-hybridized carbons (Fsp3) is 0.143. The molecule has 0 radical (unpaired) electrons. The van der Waals surface area contributed by atoms with Gasteiger partial charge in [0.1, 0.15) is 11.5 Å². The first-order valence-corrected chi connectivity index (χ1v) is 8.09. The zero-order valence-electron chi connectivity index (χ0n) is 9.71. The second kappa shape index (κ2) is 6.22. The first-order valence-electron chi connectivity index (χ1n) is 5.38. The average Bonchev–Trinajstić information content (AvgIpc) is 2.33. The average molecular weight is 435 g/mol. The Morgan fingerprint density at radius 1 is 1.06 bits per heavy atom. The van der Waals surface area contributed by atoms with Crippen LogP contribution in [-0.4, -0.2) is 0 Å². The smallest absolute Gasteiger partial charge is 0.141 e. The fourth-order valence-corrected chi connectivity index (χ4v) is 3.32. The minimum absolute atomic E-state index is 0.809. The Morgan fingerprint density at radius 3 is 2.44 bits per heavy atom. The third-order valence-electron chi connectivity index (χ3n) is 2.58. The van der Waals surface area contributed by atoms with Gasteiger partial charge in [-0.1, -0.05) is 37.9 Å². The number of hydrogen-bond donors (Lipinski definition) is 0. The van der Waals surface area contributed by atoms with Gasteiger partial charge < -0.3 is 4.74 Å². The summed E-state index contributed by atoms with van der Waals surface area (Å²) in [7, 11) is 0. The van der Waals surface area contributed by atoms with Crippen LogP contribution in [0.3, 0.4) is 0 Å². The van der Waals surface area contributed by atoms with E-state index in [2.05, 4.69) is 60.8 Å². The molecule has 0 aliphatic rings. The summed E-state index contributed by atoms with van der Waals surface area (Å²) >= 11 is 10.4. The lowest BCUT2D eigenvalue weighted by atomic mass is 10.1. The van der Waals surface area contributed by atoms with Crippen molar-refractivity contribution in [2.75, 3.05) is 0 Å². The summed E-state index contributed by atoms with van der Waals surface area (Å²) in [6.45, 7) is 2.08. The van der Waals surface area contributed by atoms with Crippen LogP contribution in [0.4, 0.5) is 0 Å². The van der Waals surface area contributed by atoms with Crippen LogP contribution < -0.4 is 4.74 Å². The molecule has 0 aliphatic heterocycles. The Balaban J connectivity index is 2.26. The van der Waals surface area contributed by atoms with Crippen LogP contribution in [0, 0.1) is 6.92 Å². The summed E-state index contributed by atoms with van der Waals surface area (Å²) in [6, 6.07) is 12.0. The number of ether oxygens (including phenoxy) is 1. The molecular formula is C14H11Br3O. The van der Waals surface area contributed by atoms with Crippen LogP contribution in [0.2, 0.25) is 0 Å². The van der Waals surface area contributed by atoms with Crippen molar-refractivity contribution < 1.29 is 4.74 Å². The highest BCUT2D eigenvalue weighted by Gasteiger charge is 2.05. The van der Waals surface area contributed by atoms with Crippen LogP contribution >= 0.6 is 47.8 Å². The SMILES string of the molecule is Cc1cc(Oc2ccc(Br)cc2Br)ccc1CBr. The lowest BCUT2D eigenvalue weighted by molar-refractivity contribution is 0.479. The van der Waals surface area contributed by atoms with E-state index < -0.39 is 0 Å². The molecule has 0 saturated carbocycles. The minimum atomic E-state index is 0.809. The molecule has 2 aromatic rings. The Kier molecular flexibility index (Phi) is 4.87. The summed E-state index contributed by atoms with van der Waals surface area (Å²) in [4.78, 5) is 0. The van der Waals surface area contributed by atoms with Gasteiger partial charge in [0.25, 0.3) is 0 Å². The van der Waals surface area contributed by atoms with E-state index in [1.165, 1.54) is 11.1 Å². The molecule has 0 heterocycles.